The Balaban J connectivity index is 2.10. The van der Waals surface area contributed by atoms with Crippen LogP contribution < -0.4 is 5.73 Å². The third-order valence-electron chi connectivity index (χ3n) is 3.32. The van der Waals surface area contributed by atoms with Crippen LogP contribution in [0.25, 0.3) is 0 Å². The molecule has 0 spiro atoms. The van der Waals surface area contributed by atoms with Crippen molar-refractivity contribution >= 4 is 17.8 Å². The van der Waals surface area contributed by atoms with E-state index in [4.69, 9.17) is 10.8 Å². The molecule has 1 atom stereocenters. The lowest BCUT2D eigenvalue weighted by Gasteiger charge is -2.30. The molecule has 0 bridgehead atoms. The summed E-state index contributed by atoms with van der Waals surface area (Å²) in [5.74, 6) is -2.36. The number of rotatable bonds is 3. The largest absolute Gasteiger partial charge is 0.481 e. The molecule has 2 heterocycles. The second kappa shape index (κ2) is 5.68. The molecule has 7 nitrogen and oxygen atoms in total. The summed E-state index contributed by atoms with van der Waals surface area (Å²) in [5, 5.41) is 9.00. The molecule has 1 aliphatic heterocycles. The van der Waals surface area contributed by atoms with E-state index in [-0.39, 0.29) is 23.7 Å². The van der Waals surface area contributed by atoms with E-state index in [1.807, 2.05) is 0 Å². The van der Waals surface area contributed by atoms with Gasteiger partial charge in [-0.1, -0.05) is 0 Å². The highest BCUT2D eigenvalue weighted by molar-refractivity contribution is 5.95. The Morgan fingerprint density at radius 3 is 2.65 bits per heavy atom. The van der Waals surface area contributed by atoms with Crippen molar-refractivity contribution in [2.75, 3.05) is 13.1 Å². The molecule has 2 rings (SSSR count). The number of aromatic nitrogens is 1. The molecule has 3 N–H and O–H groups in total. The van der Waals surface area contributed by atoms with Crippen molar-refractivity contribution in [1.29, 1.82) is 0 Å². The average Bonchev–Trinajstić information content (AvgIpc) is 2.46. The van der Waals surface area contributed by atoms with Crippen molar-refractivity contribution < 1.29 is 19.5 Å². The molecule has 0 aliphatic carbocycles. The van der Waals surface area contributed by atoms with Gasteiger partial charge in [0.2, 0.25) is 5.91 Å². The van der Waals surface area contributed by atoms with E-state index in [0.717, 1.165) is 0 Å². The van der Waals surface area contributed by atoms with Crippen LogP contribution in [-0.2, 0) is 4.79 Å². The lowest BCUT2D eigenvalue weighted by molar-refractivity contribution is -0.143. The van der Waals surface area contributed by atoms with Crippen LogP contribution >= 0.6 is 0 Å². The monoisotopic (exact) mass is 277 g/mol. The molecule has 1 aliphatic rings. The molecule has 1 aromatic rings. The van der Waals surface area contributed by atoms with Gasteiger partial charge in [-0.2, -0.15) is 0 Å². The average molecular weight is 277 g/mol. The van der Waals surface area contributed by atoms with E-state index in [2.05, 4.69) is 4.98 Å². The highest BCUT2D eigenvalue weighted by atomic mass is 16.4. The number of hydrogen-bond donors (Lipinski definition) is 2. The van der Waals surface area contributed by atoms with Gasteiger partial charge in [-0.3, -0.25) is 19.4 Å². The van der Waals surface area contributed by atoms with Crippen LogP contribution in [-0.4, -0.2) is 45.9 Å². The van der Waals surface area contributed by atoms with Crippen LogP contribution in [0.15, 0.2) is 18.3 Å². The number of amides is 2. The van der Waals surface area contributed by atoms with E-state index in [1.165, 1.54) is 23.2 Å². The first-order valence-electron chi connectivity index (χ1n) is 6.27. The van der Waals surface area contributed by atoms with Gasteiger partial charge in [0, 0.05) is 19.3 Å². The zero-order valence-corrected chi connectivity index (χ0v) is 10.8. The smallest absolute Gasteiger partial charge is 0.308 e. The summed E-state index contributed by atoms with van der Waals surface area (Å²) < 4.78 is 0. The Bertz CT molecular complexity index is 541. The standard InChI is InChI=1S/C13H15N3O4/c14-11(17)8-3-4-10(15-6-8)12(18)16-5-1-2-9(7-16)13(19)20/h3-4,6,9H,1-2,5,7H2,(H2,14,17)(H,19,20)/t9-/m0/s1. The van der Waals surface area contributed by atoms with Crippen molar-refractivity contribution in [3.05, 3.63) is 29.6 Å². The summed E-state index contributed by atoms with van der Waals surface area (Å²) in [4.78, 5) is 39.5. The molecule has 1 aromatic heterocycles. The Kier molecular flexibility index (Phi) is 3.97. The molecule has 1 saturated heterocycles. The van der Waals surface area contributed by atoms with Crippen LogP contribution in [0.5, 0.6) is 0 Å². The van der Waals surface area contributed by atoms with Gasteiger partial charge in [0.15, 0.2) is 0 Å². The summed E-state index contributed by atoms with van der Waals surface area (Å²) in [6.07, 6.45) is 2.48. The molecular formula is C13H15N3O4. The van der Waals surface area contributed by atoms with Crippen molar-refractivity contribution in [2.24, 2.45) is 11.7 Å². The Morgan fingerprint density at radius 1 is 1.35 bits per heavy atom. The van der Waals surface area contributed by atoms with Gasteiger partial charge in [-0.15, -0.1) is 0 Å². The Labute approximate surface area is 115 Å². The molecule has 1 fully saturated rings. The van der Waals surface area contributed by atoms with Crippen LogP contribution in [0.4, 0.5) is 0 Å². The molecular weight excluding hydrogens is 262 g/mol. The maximum Gasteiger partial charge on any atom is 0.308 e. The number of carbonyl (C=O) groups is 3. The molecule has 2 amide bonds. The van der Waals surface area contributed by atoms with Crippen LogP contribution in [0.3, 0.4) is 0 Å². The maximum absolute atomic E-state index is 12.2. The minimum Gasteiger partial charge on any atom is -0.481 e. The fourth-order valence-corrected chi connectivity index (χ4v) is 2.19. The molecule has 0 unspecified atom stereocenters. The number of piperidine rings is 1. The number of carboxylic acid groups (broad SMARTS) is 1. The van der Waals surface area contributed by atoms with Crippen LogP contribution in [0.1, 0.15) is 33.7 Å². The van der Waals surface area contributed by atoms with Gasteiger partial charge in [0.05, 0.1) is 11.5 Å². The number of aliphatic carboxylic acids is 1. The third-order valence-corrected chi connectivity index (χ3v) is 3.32. The van der Waals surface area contributed by atoms with E-state index in [0.29, 0.717) is 19.4 Å². The zero-order valence-electron chi connectivity index (χ0n) is 10.8. The number of pyridine rings is 1. The van der Waals surface area contributed by atoms with Gasteiger partial charge >= 0.3 is 5.97 Å². The van der Waals surface area contributed by atoms with E-state index in [9.17, 15) is 14.4 Å². The summed E-state index contributed by atoms with van der Waals surface area (Å²) >= 11 is 0. The second-order valence-electron chi connectivity index (χ2n) is 4.72. The van der Waals surface area contributed by atoms with Crippen LogP contribution in [0.2, 0.25) is 0 Å². The quantitative estimate of drug-likeness (QED) is 0.814. The normalized spacial score (nSPS) is 18.6. The van der Waals surface area contributed by atoms with Crippen LogP contribution in [0, 0.1) is 5.92 Å². The first-order chi connectivity index (χ1) is 9.49. The SMILES string of the molecule is NC(=O)c1ccc(C(=O)N2CCC[C@H](C(=O)O)C2)nc1. The highest BCUT2D eigenvalue weighted by Crippen LogP contribution is 2.18. The van der Waals surface area contributed by atoms with Crippen molar-refractivity contribution in [1.82, 2.24) is 9.88 Å². The predicted octanol–water partition coefficient (Wildman–Crippen LogP) is 0.117. The van der Waals surface area contributed by atoms with E-state index in [1.54, 1.807) is 0 Å². The number of hydrogen-bond acceptors (Lipinski definition) is 4. The van der Waals surface area contributed by atoms with Gasteiger partial charge in [-0.05, 0) is 25.0 Å². The third kappa shape index (κ3) is 2.93. The summed E-state index contributed by atoms with van der Waals surface area (Å²) in [7, 11) is 0. The minimum absolute atomic E-state index is 0.182. The summed E-state index contributed by atoms with van der Waals surface area (Å²) in [6.45, 7) is 0.704. The molecule has 106 valence electrons. The first-order valence-corrected chi connectivity index (χ1v) is 6.27. The number of carbonyl (C=O) groups excluding carboxylic acids is 2. The van der Waals surface area contributed by atoms with Gasteiger partial charge < -0.3 is 15.7 Å². The first kappa shape index (κ1) is 14.0. The van der Waals surface area contributed by atoms with Crippen molar-refractivity contribution in [3.8, 4) is 0 Å². The molecule has 0 aromatic carbocycles. The van der Waals surface area contributed by atoms with Crippen molar-refractivity contribution in [2.45, 2.75) is 12.8 Å². The summed E-state index contributed by atoms with van der Waals surface area (Å²) in [5.41, 5.74) is 5.50. The van der Waals surface area contributed by atoms with Gasteiger partial charge in [-0.25, -0.2) is 0 Å². The number of nitrogens with two attached hydrogens (primary N) is 1. The van der Waals surface area contributed by atoms with Crippen molar-refractivity contribution in [3.63, 3.8) is 0 Å². The van der Waals surface area contributed by atoms with E-state index >= 15 is 0 Å². The molecule has 7 heteroatoms. The fourth-order valence-electron chi connectivity index (χ4n) is 2.19. The second-order valence-corrected chi connectivity index (χ2v) is 4.72. The maximum atomic E-state index is 12.2. The molecule has 0 saturated carbocycles. The molecule has 20 heavy (non-hydrogen) atoms. The topological polar surface area (TPSA) is 114 Å². The minimum atomic E-state index is -0.889. The zero-order chi connectivity index (χ0) is 14.7. The number of primary amides is 1. The van der Waals surface area contributed by atoms with Gasteiger partial charge in [0.1, 0.15) is 5.69 Å². The molecule has 0 radical (unpaired) electrons. The highest BCUT2D eigenvalue weighted by Gasteiger charge is 2.29. The predicted molar refractivity (Wildman–Crippen MR) is 69.0 cm³/mol. The number of carboxylic acids is 1. The Morgan fingerprint density at radius 2 is 2.10 bits per heavy atom. The number of nitrogens with zero attached hydrogens (tertiary/aromatic N) is 2. The number of likely N-dealkylation sites (tertiary alicyclic amines) is 1. The van der Waals surface area contributed by atoms with E-state index < -0.39 is 17.8 Å². The summed E-state index contributed by atoms with van der Waals surface area (Å²) in [6, 6.07) is 2.86. The van der Waals surface area contributed by atoms with Gasteiger partial charge in [0.25, 0.3) is 5.91 Å². The Hall–Kier alpha value is -2.44. The lowest BCUT2D eigenvalue weighted by Crippen LogP contribution is -2.42. The lowest BCUT2D eigenvalue weighted by atomic mass is 9.98. The fraction of sp³-hybridized carbons (Fsp3) is 0.385.